The maximum Gasteiger partial charge on any atom is 0.505 e. The predicted molar refractivity (Wildman–Crippen MR) is 77.5 cm³/mol. The fourth-order valence-corrected chi connectivity index (χ4v) is 3.22. The normalized spacial score (nSPS) is 16.8. The van der Waals surface area contributed by atoms with E-state index in [-0.39, 0.29) is 18.7 Å². The van der Waals surface area contributed by atoms with E-state index >= 15 is 0 Å². The van der Waals surface area contributed by atoms with Crippen LogP contribution in [0.3, 0.4) is 0 Å². The van der Waals surface area contributed by atoms with Gasteiger partial charge in [-0.1, -0.05) is 23.7 Å². The van der Waals surface area contributed by atoms with E-state index in [9.17, 15) is 4.57 Å². The molecule has 0 heterocycles. The summed E-state index contributed by atoms with van der Waals surface area (Å²) in [5.74, 6) is -0.172. The number of halogens is 1. The van der Waals surface area contributed by atoms with Gasteiger partial charge in [-0.15, -0.1) is 0 Å². The Morgan fingerprint density at radius 2 is 2.00 bits per heavy atom. The molecule has 0 bridgehead atoms. The Morgan fingerprint density at radius 1 is 1.42 bits per heavy atom. The van der Waals surface area contributed by atoms with Crippen LogP contribution < -0.4 is 5.73 Å². The molecule has 0 saturated heterocycles. The number of rotatable bonds is 7. The van der Waals surface area contributed by atoms with Gasteiger partial charge in [-0.05, 0) is 42.0 Å². The van der Waals surface area contributed by atoms with Crippen LogP contribution in [0, 0.1) is 5.92 Å². The molecule has 19 heavy (non-hydrogen) atoms. The highest BCUT2D eigenvalue weighted by atomic mass is 35.5. The van der Waals surface area contributed by atoms with E-state index < -0.39 is 13.6 Å². The van der Waals surface area contributed by atoms with Gasteiger partial charge in [0.15, 0.2) is 6.16 Å². The molecule has 1 aromatic carbocycles. The van der Waals surface area contributed by atoms with E-state index in [1.54, 1.807) is 12.1 Å². The Bertz CT molecular complexity index is 422. The van der Waals surface area contributed by atoms with Crippen LogP contribution in [0.2, 0.25) is 5.02 Å². The number of hydrogen-bond acceptors (Lipinski definition) is 3. The minimum Gasteiger partial charge on any atom is -0.396 e. The third kappa shape index (κ3) is 4.83. The molecule has 4 nitrogen and oxygen atoms in total. The molecule has 0 aliphatic rings. The monoisotopic (exact) mass is 304 g/mol. The summed E-state index contributed by atoms with van der Waals surface area (Å²) in [5.41, 5.74) is 6.50. The summed E-state index contributed by atoms with van der Waals surface area (Å²) in [6, 6.07) is 7.17. The van der Waals surface area contributed by atoms with Gasteiger partial charge in [-0.3, -0.25) is 0 Å². The molecule has 0 aromatic heterocycles. The first-order valence-corrected chi connectivity index (χ1v) is 7.94. The maximum atomic E-state index is 11.1. The summed E-state index contributed by atoms with van der Waals surface area (Å²) in [4.78, 5) is 9.15. The fraction of sp³-hybridized carbons (Fsp3) is 0.538. The van der Waals surface area contributed by atoms with Gasteiger partial charge in [-0.2, -0.15) is 4.89 Å². The lowest BCUT2D eigenvalue weighted by atomic mass is 9.79. The standard InChI is InChI=1S/C13H19ClNO3P/c1-13(15,10-4-6-12(14)7-5-10)11(3-2-8-16)9-19(17)18/h4-7,11,16H,2-3,8-9,15H2,1H3/p+1. The van der Waals surface area contributed by atoms with Gasteiger partial charge in [0.25, 0.3) is 0 Å². The zero-order valence-corrected chi connectivity index (χ0v) is 12.6. The molecule has 0 saturated carbocycles. The number of benzene rings is 1. The first kappa shape index (κ1) is 16.5. The van der Waals surface area contributed by atoms with Gasteiger partial charge in [0.2, 0.25) is 0 Å². The van der Waals surface area contributed by atoms with Gasteiger partial charge < -0.3 is 10.8 Å². The first-order chi connectivity index (χ1) is 8.87. The van der Waals surface area contributed by atoms with Crippen molar-refractivity contribution in [2.45, 2.75) is 25.3 Å². The summed E-state index contributed by atoms with van der Waals surface area (Å²) >= 11 is 5.85. The molecule has 4 N–H and O–H groups in total. The molecule has 1 rings (SSSR count). The Kier molecular flexibility index (Phi) is 6.37. The lowest BCUT2D eigenvalue weighted by Crippen LogP contribution is -2.42. The van der Waals surface area contributed by atoms with Gasteiger partial charge in [-0.25, -0.2) is 0 Å². The number of nitrogens with two attached hydrogens (primary N) is 1. The van der Waals surface area contributed by atoms with E-state index in [0.717, 1.165) is 5.56 Å². The van der Waals surface area contributed by atoms with Crippen LogP contribution >= 0.6 is 19.6 Å². The molecule has 0 amide bonds. The van der Waals surface area contributed by atoms with Crippen molar-refractivity contribution in [2.75, 3.05) is 12.8 Å². The minimum atomic E-state index is -2.25. The van der Waals surface area contributed by atoms with Crippen molar-refractivity contribution in [3.8, 4) is 0 Å². The van der Waals surface area contributed by atoms with Gasteiger partial charge in [0.1, 0.15) is 0 Å². The molecular weight excluding hydrogens is 285 g/mol. The lowest BCUT2D eigenvalue weighted by molar-refractivity contribution is 0.242. The van der Waals surface area contributed by atoms with E-state index in [2.05, 4.69) is 0 Å². The van der Waals surface area contributed by atoms with Crippen molar-refractivity contribution >= 4 is 19.6 Å². The molecule has 3 unspecified atom stereocenters. The molecule has 3 atom stereocenters. The highest BCUT2D eigenvalue weighted by molar-refractivity contribution is 7.38. The summed E-state index contributed by atoms with van der Waals surface area (Å²) in [6.07, 6.45) is 1.30. The second-order valence-electron chi connectivity index (χ2n) is 4.89. The molecular formula is C13H20ClNO3P+. The van der Waals surface area contributed by atoms with Crippen molar-refractivity contribution in [1.29, 1.82) is 0 Å². The maximum absolute atomic E-state index is 11.1. The second kappa shape index (κ2) is 7.32. The van der Waals surface area contributed by atoms with Crippen LogP contribution in [0.4, 0.5) is 0 Å². The molecule has 0 spiro atoms. The number of aliphatic hydroxyl groups is 1. The fourth-order valence-electron chi connectivity index (χ4n) is 2.15. The SMILES string of the molecule is CC(N)(c1ccc(Cl)cc1)C(CCCO)C[P+](=O)O. The Labute approximate surface area is 119 Å². The molecule has 0 aliphatic carbocycles. The topological polar surface area (TPSA) is 83.5 Å². The molecule has 6 heteroatoms. The predicted octanol–water partition coefficient (Wildman–Crippen LogP) is 2.64. The van der Waals surface area contributed by atoms with Crippen molar-refractivity contribution in [1.82, 2.24) is 0 Å². The lowest BCUT2D eigenvalue weighted by Gasteiger charge is -2.32. The first-order valence-electron chi connectivity index (χ1n) is 6.17. The van der Waals surface area contributed by atoms with E-state index in [0.29, 0.717) is 17.9 Å². The van der Waals surface area contributed by atoms with Gasteiger partial charge in [0, 0.05) is 23.1 Å². The number of hydrogen-bond donors (Lipinski definition) is 3. The van der Waals surface area contributed by atoms with Crippen LogP contribution in [-0.2, 0) is 10.1 Å². The van der Waals surface area contributed by atoms with Crippen molar-refractivity contribution < 1.29 is 14.6 Å². The van der Waals surface area contributed by atoms with Crippen LogP contribution in [-0.4, -0.2) is 22.8 Å². The summed E-state index contributed by atoms with van der Waals surface area (Å²) in [5, 5.41) is 9.55. The third-order valence-electron chi connectivity index (χ3n) is 3.40. The van der Waals surface area contributed by atoms with E-state index in [1.165, 1.54) is 0 Å². The largest absolute Gasteiger partial charge is 0.505 e. The van der Waals surface area contributed by atoms with Crippen LogP contribution in [0.5, 0.6) is 0 Å². The number of aliphatic hydroxyl groups excluding tert-OH is 1. The van der Waals surface area contributed by atoms with Crippen molar-refractivity contribution in [3.63, 3.8) is 0 Å². The molecule has 106 valence electrons. The van der Waals surface area contributed by atoms with Gasteiger partial charge in [0.05, 0.1) is 0 Å². The highest BCUT2D eigenvalue weighted by Gasteiger charge is 2.36. The summed E-state index contributed by atoms with van der Waals surface area (Å²) in [6.45, 7) is 1.90. The second-order valence-corrected chi connectivity index (χ2v) is 6.39. The molecule has 0 aliphatic heterocycles. The third-order valence-corrected chi connectivity index (χ3v) is 4.41. The van der Waals surface area contributed by atoms with Crippen LogP contribution in [0.25, 0.3) is 0 Å². The Hall–Kier alpha value is -0.510. The highest BCUT2D eigenvalue weighted by Crippen LogP contribution is 2.35. The smallest absolute Gasteiger partial charge is 0.396 e. The zero-order chi connectivity index (χ0) is 14.5. The molecule has 0 fully saturated rings. The quantitative estimate of drug-likeness (QED) is 0.676. The van der Waals surface area contributed by atoms with Crippen molar-refractivity contribution in [3.05, 3.63) is 34.9 Å². The van der Waals surface area contributed by atoms with Crippen molar-refractivity contribution in [2.24, 2.45) is 11.7 Å². The minimum absolute atomic E-state index is 0.0510. The molecule has 0 radical (unpaired) electrons. The Morgan fingerprint density at radius 3 is 2.47 bits per heavy atom. The van der Waals surface area contributed by atoms with Crippen LogP contribution in [0.1, 0.15) is 25.3 Å². The summed E-state index contributed by atoms with van der Waals surface area (Å²) in [7, 11) is -2.25. The van der Waals surface area contributed by atoms with E-state index in [4.69, 9.17) is 27.3 Å². The average Bonchev–Trinajstić information content (AvgIpc) is 2.34. The summed E-state index contributed by atoms with van der Waals surface area (Å²) < 4.78 is 11.1. The zero-order valence-electron chi connectivity index (χ0n) is 10.9. The average molecular weight is 305 g/mol. The van der Waals surface area contributed by atoms with Crippen LogP contribution in [0.15, 0.2) is 24.3 Å². The van der Waals surface area contributed by atoms with Gasteiger partial charge >= 0.3 is 8.03 Å². The molecule has 1 aromatic rings. The Balaban J connectivity index is 2.95. The van der Waals surface area contributed by atoms with E-state index in [1.807, 2.05) is 19.1 Å².